The van der Waals surface area contributed by atoms with Gasteiger partial charge in [0.1, 0.15) is 0 Å². The van der Waals surface area contributed by atoms with E-state index >= 15 is 0 Å². The molecule has 0 aliphatic heterocycles. The van der Waals surface area contributed by atoms with Crippen LogP contribution in [0.4, 0.5) is 0 Å². The van der Waals surface area contributed by atoms with Crippen LogP contribution in [0.5, 0.6) is 0 Å². The maximum Gasteiger partial charge on any atom is 0.233 e. The SMILES string of the molecule is CC(Sc1nnnn1C1CCCCC1)C(=O)NC(C)c1ccccc1. The molecule has 7 heteroatoms. The van der Waals surface area contributed by atoms with Crippen LogP contribution in [0.15, 0.2) is 35.5 Å². The maximum absolute atomic E-state index is 12.5. The Morgan fingerprint density at radius 3 is 2.64 bits per heavy atom. The molecule has 1 amide bonds. The zero-order chi connectivity index (χ0) is 17.6. The predicted octanol–water partition coefficient (Wildman–Crippen LogP) is 3.54. The van der Waals surface area contributed by atoms with Crippen molar-refractivity contribution in [1.29, 1.82) is 0 Å². The first-order valence-electron chi connectivity index (χ1n) is 8.95. The summed E-state index contributed by atoms with van der Waals surface area (Å²) in [5, 5.41) is 15.7. The van der Waals surface area contributed by atoms with E-state index in [9.17, 15) is 4.79 Å². The monoisotopic (exact) mass is 359 g/mol. The van der Waals surface area contributed by atoms with Crippen LogP contribution in [0.2, 0.25) is 0 Å². The molecule has 2 aromatic rings. The zero-order valence-electron chi connectivity index (χ0n) is 14.8. The molecule has 1 aliphatic rings. The van der Waals surface area contributed by atoms with Gasteiger partial charge in [0, 0.05) is 0 Å². The van der Waals surface area contributed by atoms with E-state index < -0.39 is 0 Å². The number of tetrazole rings is 1. The number of benzene rings is 1. The van der Waals surface area contributed by atoms with Gasteiger partial charge in [0.15, 0.2) is 0 Å². The lowest BCUT2D eigenvalue weighted by Crippen LogP contribution is -2.33. The predicted molar refractivity (Wildman–Crippen MR) is 98.3 cm³/mol. The molecule has 3 rings (SSSR count). The third kappa shape index (κ3) is 4.60. The smallest absolute Gasteiger partial charge is 0.233 e. The highest BCUT2D eigenvalue weighted by molar-refractivity contribution is 8.00. The Morgan fingerprint density at radius 1 is 1.20 bits per heavy atom. The number of amides is 1. The number of carbonyl (C=O) groups excluding carboxylic acids is 1. The molecular weight excluding hydrogens is 334 g/mol. The van der Waals surface area contributed by atoms with Gasteiger partial charge in [-0.3, -0.25) is 4.79 Å². The quantitative estimate of drug-likeness (QED) is 0.799. The van der Waals surface area contributed by atoms with Gasteiger partial charge in [-0.1, -0.05) is 61.4 Å². The number of aromatic nitrogens is 4. The summed E-state index contributed by atoms with van der Waals surface area (Å²) in [6.07, 6.45) is 5.96. The first-order chi connectivity index (χ1) is 12.1. The Bertz CT molecular complexity index is 684. The molecule has 2 atom stereocenters. The van der Waals surface area contributed by atoms with Crippen molar-refractivity contribution in [3.05, 3.63) is 35.9 Å². The molecule has 1 heterocycles. The topological polar surface area (TPSA) is 72.7 Å². The molecule has 1 aromatic heterocycles. The normalized spacial score (nSPS) is 17.8. The lowest BCUT2D eigenvalue weighted by Gasteiger charge is -2.23. The number of hydrogen-bond acceptors (Lipinski definition) is 5. The van der Waals surface area contributed by atoms with Gasteiger partial charge >= 0.3 is 0 Å². The zero-order valence-corrected chi connectivity index (χ0v) is 15.6. The van der Waals surface area contributed by atoms with Gasteiger partial charge in [0.25, 0.3) is 0 Å². The molecule has 0 spiro atoms. The van der Waals surface area contributed by atoms with Crippen molar-refractivity contribution in [2.24, 2.45) is 0 Å². The van der Waals surface area contributed by atoms with E-state index in [0.29, 0.717) is 6.04 Å². The van der Waals surface area contributed by atoms with Crippen LogP contribution >= 0.6 is 11.8 Å². The number of thioether (sulfide) groups is 1. The van der Waals surface area contributed by atoms with Crippen molar-refractivity contribution < 1.29 is 4.79 Å². The Hall–Kier alpha value is -1.89. The second-order valence-corrected chi connectivity index (χ2v) is 7.91. The van der Waals surface area contributed by atoms with Gasteiger partial charge in [0.2, 0.25) is 11.1 Å². The Morgan fingerprint density at radius 2 is 1.92 bits per heavy atom. The average Bonchev–Trinajstić information content (AvgIpc) is 3.11. The van der Waals surface area contributed by atoms with Crippen molar-refractivity contribution in [3.8, 4) is 0 Å². The van der Waals surface area contributed by atoms with Crippen molar-refractivity contribution in [3.63, 3.8) is 0 Å². The summed E-state index contributed by atoms with van der Waals surface area (Å²) in [7, 11) is 0. The van der Waals surface area contributed by atoms with Crippen molar-refractivity contribution >= 4 is 17.7 Å². The average molecular weight is 359 g/mol. The second-order valence-electron chi connectivity index (χ2n) is 6.60. The third-order valence-electron chi connectivity index (χ3n) is 4.69. The highest BCUT2D eigenvalue weighted by Gasteiger charge is 2.24. The van der Waals surface area contributed by atoms with Gasteiger partial charge in [-0.25, -0.2) is 4.68 Å². The second kappa shape index (κ2) is 8.47. The molecule has 2 unspecified atom stereocenters. The van der Waals surface area contributed by atoms with Crippen LogP contribution in [0.25, 0.3) is 0 Å². The summed E-state index contributed by atoms with van der Waals surface area (Å²) in [6, 6.07) is 10.3. The van der Waals surface area contributed by atoms with E-state index in [4.69, 9.17) is 0 Å². The standard InChI is InChI=1S/C18H25N5OS/c1-13(15-9-5-3-6-10-15)19-17(24)14(2)25-18-20-21-22-23(18)16-11-7-4-8-12-16/h3,5-6,9-10,13-14,16H,4,7-8,11-12H2,1-2H3,(H,19,24). The molecule has 1 aromatic carbocycles. The summed E-state index contributed by atoms with van der Waals surface area (Å²) in [4.78, 5) is 12.5. The van der Waals surface area contributed by atoms with Gasteiger partial charge in [-0.05, 0) is 42.7 Å². The molecule has 1 saturated carbocycles. The number of carbonyl (C=O) groups is 1. The minimum absolute atomic E-state index is 0.000419. The van der Waals surface area contributed by atoms with Crippen LogP contribution in [-0.4, -0.2) is 31.4 Å². The van der Waals surface area contributed by atoms with Crippen molar-refractivity contribution in [1.82, 2.24) is 25.5 Å². The van der Waals surface area contributed by atoms with Crippen LogP contribution in [0, 0.1) is 0 Å². The minimum atomic E-state index is -0.250. The lowest BCUT2D eigenvalue weighted by atomic mass is 9.96. The Kier molecular flexibility index (Phi) is 6.07. The first kappa shape index (κ1) is 17.9. The number of nitrogens with one attached hydrogen (secondary N) is 1. The van der Waals surface area contributed by atoms with Gasteiger partial charge in [-0.15, -0.1) is 5.10 Å². The molecule has 1 N–H and O–H groups in total. The number of rotatable bonds is 6. The lowest BCUT2D eigenvalue weighted by molar-refractivity contribution is -0.120. The molecule has 0 radical (unpaired) electrons. The first-order valence-corrected chi connectivity index (χ1v) is 9.83. The van der Waals surface area contributed by atoms with E-state index in [0.717, 1.165) is 23.6 Å². The molecule has 134 valence electrons. The number of hydrogen-bond donors (Lipinski definition) is 1. The fourth-order valence-electron chi connectivity index (χ4n) is 3.19. The summed E-state index contributed by atoms with van der Waals surface area (Å²) in [6.45, 7) is 3.90. The van der Waals surface area contributed by atoms with Gasteiger partial charge in [0.05, 0.1) is 17.3 Å². The van der Waals surface area contributed by atoms with E-state index in [2.05, 4.69) is 20.8 Å². The summed E-state index contributed by atoms with van der Waals surface area (Å²) in [5.41, 5.74) is 1.10. The highest BCUT2D eigenvalue weighted by Crippen LogP contribution is 2.31. The maximum atomic E-state index is 12.5. The summed E-state index contributed by atoms with van der Waals surface area (Å²) in [5.74, 6) is -0.000419. The van der Waals surface area contributed by atoms with Crippen LogP contribution < -0.4 is 5.32 Å². The molecule has 6 nitrogen and oxygen atoms in total. The van der Waals surface area contributed by atoms with Gasteiger partial charge < -0.3 is 5.32 Å². The largest absolute Gasteiger partial charge is 0.349 e. The van der Waals surface area contributed by atoms with E-state index in [1.165, 1.54) is 31.0 Å². The summed E-state index contributed by atoms with van der Waals surface area (Å²) < 4.78 is 1.91. The summed E-state index contributed by atoms with van der Waals surface area (Å²) >= 11 is 1.43. The molecule has 25 heavy (non-hydrogen) atoms. The molecule has 1 aliphatic carbocycles. The van der Waals surface area contributed by atoms with E-state index in [1.54, 1.807) is 0 Å². The van der Waals surface area contributed by atoms with E-state index in [1.807, 2.05) is 48.9 Å². The van der Waals surface area contributed by atoms with Crippen molar-refractivity contribution in [2.75, 3.05) is 0 Å². The Labute approximate surface area is 152 Å². The van der Waals surface area contributed by atoms with Crippen LogP contribution in [0.1, 0.15) is 63.6 Å². The third-order valence-corrected chi connectivity index (χ3v) is 5.74. The minimum Gasteiger partial charge on any atom is -0.349 e. The van der Waals surface area contributed by atoms with Crippen LogP contribution in [0.3, 0.4) is 0 Å². The van der Waals surface area contributed by atoms with Gasteiger partial charge in [-0.2, -0.15) is 0 Å². The molecule has 0 bridgehead atoms. The Balaban J connectivity index is 1.59. The van der Waals surface area contributed by atoms with Crippen LogP contribution in [-0.2, 0) is 4.79 Å². The number of nitrogens with zero attached hydrogens (tertiary/aromatic N) is 4. The fraction of sp³-hybridized carbons (Fsp3) is 0.556. The molecule has 0 saturated heterocycles. The fourth-order valence-corrected chi connectivity index (χ4v) is 4.05. The highest BCUT2D eigenvalue weighted by atomic mass is 32.2. The molecule has 1 fully saturated rings. The van der Waals surface area contributed by atoms with E-state index in [-0.39, 0.29) is 17.2 Å². The van der Waals surface area contributed by atoms with Crippen molar-refractivity contribution in [2.45, 2.75) is 68.4 Å². The molecular formula is C18H25N5OS.